The Labute approximate surface area is 169 Å². The number of carbonyl (C=O) groups is 1. The van der Waals surface area contributed by atoms with Gasteiger partial charge in [-0.2, -0.15) is 4.68 Å². The summed E-state index contributed by atoms with van der Waals surface area (Å²) in [7, 11) is 1.70. The number of ketones is 1. The van der Waals surface area contributed by atoms with Gasteiger partial charge in [0.05, 0.1) is 5.69 Å². The predicted molar refractivity (Wildman–Crippen MR) is 110 cm³/mol. The highest BCUT2D eigenvalue weighted by atomic mass is 16.5. The first-order chi connectivity index (χ1) is 14.0. The molecule has 1 aromatic heterocycles. The van der Waals surface area contributed by atoms with Crippen LogP contribution < -0.4 is 10.4 Å². The van der Waals surface area contributed by atoms with E-state index in [-0.39, 0.29) is 17.4 Å². The van der Waals surface area contributed by atoms with Gasteiger partial charge in [-0.15, -0.1) is 0 Å². The van der Waals surface area contributed by atoms with Gasteiger partial charge in [0.2, 0.25) is 0 Å². The predicted octanol–water partition coefficient (Wildman–Crippen LogP) is 3.86. The number of aromatic nitrogens is 3. The largest absolute Gasteiger partial charge is 0.489 e. The highest BCUT2D eigenvalue weighted by Crippen LogP contribution is 2.43. The van der Waals surface area contributed by atoms with E-state index < -0.39 is 0 Å². The van der Waals surface area contributed by atoms with Crippen molar-refractivity contribution in [2.75, 3.05) is 0 Å². The van der Waals surface area contributed by atoms with E-state index in [4.69, 9.17) is 4.74 Å². The van der Waals surface area contributed by atoms with Crippen LogP contribution in [0.1, 0.15) is 58.6 Å². The number of carbonyl (C=O) groups excluding carboxylic acids is 1. The van der Waals surface area contributed by atoms with Gasteiger partial charge in [0.1, 0.15) is 12.4 Å². The molecular formula is C23H25N3O3. The average Bonchev–Trinajstić information content (AvgIpc) is 3.63. The minimum atomic E-state index is -0.0849. The maximum absolute atomic E-state index is 12.3. The summed E-state index contributed by atoms with van der Waals surface area (Å²) < 4.78 is 9.20. The van der Waals surface area contributed by atoms with Crippen molar-refractivity contribution in [1.82, 2.24) is 14.6 Å². The van der Waals surface area contributed by atoms with Crippen LogP contribution in [0.4, 0.5) is 0 Å². The third-order valence-corrected chi connectivity index (χ3v) is 5.95. The summed E-state index contributed by atoms with van der Waals surface area (Å²) >= 11 is 0. The molecule has 1 N–H and O–H groups in total. The lowest BCUT2D eigenvalue weighted by Gasteiger charge is -2.20. The summed E-state index contributed by atoms with van der Waals surface area (Å²) in [5, 5.41) is 3.01. The molecule has 150 valence electrons. The number of rotatable bonds is 7. The number of ether oxygens (including phenoxy) is 1. The van der Waals surface area contributed by atoms with E-state index >= 15 is 0 Å². The first-order valence-electron chi connectivity index (χ1n) is 10.3. The monoisotopic (exact) mass is 391 g/mol. The minimum absolute atomic E-state index is 0.0849. The van der Waals surface area contributed by atoms with Crippen LogP contribution in [0.3, 0.4) is 0 Å². The number of aryl methyl sites for hydroxylation is 2. The SMILES string of the molecule is Cc1cc(C(=O)C2CC2)ccc1OCc1c(C2CC2)cccc1-n1[nH]n(C)c1=O. The van der Waals surface area contributed by atoms with Crippen molar-refractivity contribution in [1.29, 1.82) is 0 Å². The Morgan fingerprint density at radius 1 is 1.17 bits per heavy atom. The van der Waals surface area contributed by atoms with E-state index in [1.165, 1.54) is 23.1 Å². The molecule has 0 unspecified atom stereocenters. The number of Topliss-reactive ketones (excluding diaryl/α,β-unsaturated/α-hetero) is 1. The molecule has 0 aliphatic heterocycles. The molecule has 0 saturated heterocycles. The highest BCUT2D eigenvalue weighted by Gasteiger charge is 2.31. The molecule has 2 fully saturated rings. The fraction of sp³-hybridized carbons (Fsp3) is 0.391. The van der Waals surface area contributed by atoms with Crippen molar-refractivity contribution in [3.8, 4) is 11.4 Å². The van der Waals surface area contributed by atoms with E-state index in [9.17, 15) is 9.59 Å². The van der Waals surface area contributed by atoms with Crippen LogP contribution in [0, 0.1) is 12.8 Å². The molecule has 0 radical (unpaired) electrons. The molecule has 0 amide bonds. The lowest BCUT2D eigenvalue weighted by molar-refractivity contribution is 0.0967. The zero-order chi connectivity index (χ0) is 20.1. The third kappa shape index (κ3) is 3.33. The lowest BCUT2D eigenvalue weighted by atomic mass is 10.0. The standard InChI is InChI=1S/C23H25N3O3/c1-14-12-17(22(27)16-8-9-16)10-11-21(14)29-13-19-18(15-6-7-15)4-3-5-20(19)26-23(28)25(2)24-26/h3-5,10-12,15-16,24H,6-9,13H2,1-2H3. The Kier molecular flexibility index (Phi) is 4.23. The normalized spacial score (nSPS) is 16.2. The van der Waals surface area contributed by atoms with E-state index in [0.717, 1.165) is 41.0 Å². The maximum Gasteiger partial charge on any atom is 0.364 e. The van der Waals surface area contributed by atoms with Crippen molar-refractivity contribution >= 4 is 5.78 Å². The van der Waals surface area contributed by atoms with Gasteiger partial charge in [0, 0.05) is 24.1 Å². The van der Waals surface area contributed by atoms with Crippen LogP contribution in [0.15, 0.2) is 41.2 Å². The molecule has 2 aliphatic rings. The molecule has 6 heteroatoms. The van der Waals surface area contributed by atoms with Crippen LogP contribution >= 0.6 is 0 Å². The highest BCUT2D eigenvalue weighted by molar-refractivity contribution is 5.99. The second kappa shape index (κ2) is 6.79. The second-order valence-corrected chi connectivity index (χ2v) is 8.30. The Hall–Kier alpha value is -3.02. The van der Waals surface area contributed by atoms with E-state index in [1.807, 2.05) is 37.3 Å². The van der Waals surface area contributed by atoms with Gasteiger partial charge in [-0.05, 0) is 73.9 Å². The van der Waals surface area contributed by atoms with E-state index in [2.05, 4.69) is 11.3 Å². The molecule has 29 heavy (non-hydrogen) atoms. The second-order valence-electron chi connectivity index (χ2n) is 8.30. The van der Waals surface area contributed by atoms with Gasteiger partial charge in [-0.3, -0.25) is 4.79 Å². The molecule has 2 aromatic carbocycles. The Bertz CT molecular complexity index is 1140. The van der Waals surface area contributed by atoms with Crippen LogP contribution in [0.5, 0.6) is 5.75 Å². The summed E-state index contributed by atoms with van der Waals surface area (Å²) in [6.45, 7) is 2.36. The van der Waals surface area contributed by atoms with Crippen LogP contribution in [-0.2, 0) is 13.7 Å². The van der Waals surface area contributed by atoms with Crippen LogP contribution in [-0.4, -0.2) is 20.4 Å². The molecule has 5 rings (SSSR count). The Balaban J connectivity index is 1.43. The summed E-state index contributed by atoms with van der Waals surface area (Å²) in [5.74, 6) is 1.78. The minimum Gasteiger partial charge on any atom is -0.489 e. The first kappa shape index (κ1) is 18.0. The Morgan fingerprint density at radius 3 is 2.59 bits per heavy atom. The third-order valence-electron chi connectivity index (χ3n) is 5.95. The molecule has 1 heterocycles. The van der Waals surface area contributed by atoms with Gasteiger partial charge in [-0.1, -0.05) is 12.1 Å². The fourth-order valence-electron chi connectivity index (χ4n) is 3.93. The molecule has 0 atom stereocenters. The fourth-order valence-corrected chi connectivity index (χ4v) is 3.93. The number of aromatic amines is 1. The molecule has 2 saturated carbocycles. The Morgan fingerprint density at radius 2 is 1.97 bits per heavy atom. The summed E-state index contributed by atoms with van der Waals surface area (Å²) in [4.78, 5) is 24.5. The van der Waals surface area contributed by atoms with Crippen LogP contribution in [0.2, 0.25) is 0 Å². The molecule has 6 nitrogen and oxygen atoms in total. The molecule has 3 aromatic rings. The quantitative estimate of drug-likeness (QED) is 0.622. The van der Waals surface area contributed by atoms with Gasteiger partial charge < -0.3 is 4.74 Å². The number of nitrogens with one attached hydrogen (secondary N) is 1. The zero-order valence-corrected chi connectivity index (χ0v) is 16.8. The number of nitrogens with zero attached hydrogens (tertiary/aromatic N) is 2. The summed E-state index contributed by atoms with van der Waals surface area (Å²) in [6.07, 6.45) is 4.37. The molecule has 0 bridgehead atoms. The van der Waals surface area contributed by atoms with E-state index in [1.54, 1.807) is 11.7 Å². The summed E-state index contributed by atoms with van der Waals surface area (Å²) in [5.41, 5.74) is 4.79. The van der Waals surface area contributed by atoms with Gasteiger partial charge in [-0.25, -0.2) is 14.7 Å². The molecule has 2 aliphatic carbocycles. The van der Waals surface area contributed by atoms with Crippen molar-refractivity contribution in [3.05, 3.63) is 69.1 Å². The van der Waals surface area contributed by atoms with Crippen molar-refractivity contribution < 1.29 is 9.53 Å². The molecular weight excluding hydrogens is 366 g/mol. The maximum atomic E-state index is 12.3. The number of hydrogen-bond donors (Lipinski definition) is 1. The van der Waals surface area contributed by atoms with Crippen molar-refractivity contribution in [3.63, 3.8) is 0 Å². The number of benzene rings is 2. The van der Waals surface area contributed by atoms with Crippen molar-refractivity contribution in [2.45, 2.75) is 45.1 Å². The van der Waals surface area contributed by atoms with Crippen LogP contribution in [0.25, 0.3) is 5.69 Å². The summed E-state index contributed by atoms with van der Waals surface area (Å²) in [6, 6.07) is 11.8. The number of hydrogen-bond acceptors (Lipinski definition) is 3. The van der Waals surface area contributed by atoms with Crippen molar-refractivity contribution in [2.24, 2.45) is 13.0 Å². The van der Waals surface area contributed by atoms with E-state index in [0.29, 0.717) is 12.5 Å². The zero-order valence-electron chi connectivity index (χ0n) is 16.8. The topological polar surface area (TPSA) is 69.0 Å². The average molecular weight is 391 g/mol. The molecule has 0 spiro atoms. The smallest absolute Gasteiger partial charge is 0.364 e. The van der Waals surface area contributed by atoms with Gasteiger partial charge >= 0.3 is 5.69 Å². The van der Waals surface area contributed by atoms with Gasteiger partial charge in [0.15, 0.2) is 5.78 Å². The lowest BCUT2D eigenvalue weighted by Crippen LogP contribution is -2.40. The number of H-pyrrole nitrogens is 1. The first-order valence-corrected chi connectivity index (χ1v) is 10.3. The van der Waals surface area contributed by atoms with Gasteiger partial charge in [0.25, 0.3) is 0 Å².